The van der Waals surface area contributed by atoms with Gasteiger partial charge in [0.05, 0.1) is 26.7 Å². The summed E-state index contributed by atoms with van der Waals surface area (Å²) >= 11 is 0. The van der Waals surface area contributed by atoms with E-state index < -0.39 is 82.6 Å². The molecule has 0 aliphatic carbocycles. The van der Waals surface area contributed by atoms with Crippen LogP contribution in [-0.4, -0.2) is 126 Å². The van der Waals surface area contributed by atoms with Gasteiger partial charge in [-0.25, -0.2) is 12.7 Å². The van der Waals surface area contributed by atoms with Gasteiger partial charge in [0.1, 0.15) is 11.4 Å². The van der Waals surface area contributed by atoms with Crippen LogP contribution in [0.2, 0.25) is 0 Å². The van der Waals surface area contributed by atoms with Gasteiger partial charge in [-0.2, -0.15) is 38.2 Å². The molecule has 6 aromatic rings. The van der Waals surface area contributed by atoms with E-state index in [9.17, 15) is 65.1 Å². The zero-order valence-corrected chi connectivity index (χ0v) is 50.5. The number of allylic oxidation sites excluding steroid dienone is 6. The van der Waals surface area contributed by atoms with E-state index in [1.165, 1.54) is 29.6 Å². The third-order valence-electron chi connectivity index (χ3n) is 15.3. The Morgan fingerprint density at radius 3 is 1.92 bits per heavy atom. The second-order valence-corrected chi connectivity index (χ2v) is 29.7. The predicted octanol–water partition coefficient (Wildman–Crippen LogP) is 8.95. The molecule has 2 aliphatic rings. The molecule has 2 aliphatic heterocycles. The Hall–Kier alpha value is -6.45. The highest BCUT2D eigenvalue weighted by molar-refractivity contribution is 7.89. The number of sulfonamides is 1. The highest BCUT2D eigenvalue weighted by Gasteiger charge is 2.46. The van der Waals surface area contributed by atoms with Crippen molar-refractivity contribution in [1.82, 2.24) is 9.62 Å². The maximum Gasteiger partial charge on any atom is 0.295 e. The lowest BCUT2D eigenvalue weighted by molar-refractivity contribution is -0.437. The summed E-state index contributed by atoms with van der Waals surface area (Å²) in [4.78, 5) is 13.3. The van der Waals surface area contributed by atoms with Gasteiger partial charge in [0.2, 0.25) is 21.6 Å². The molecule has 6 aromatic carbocycles. The van der Waals surface area contributed by atoms with Crippen LogP contribution in [0, 0.1) is 0 Å². The summed E-state index contributed by atoms with van der Waals surface area (Å²) in [5.74, 6) is -1.23. The summed E-state index contributed by atoms with van der Waals surface area (Å²) < 4.78 is 169. The van der Waals surface area contributed by atoms with Gasteiger partial charge in [-0.1, -0.05) is 105 Å². The van der Waals surface area contributed by atoms with E-state index in [4.69, 9.17) is 0 Å². The molecule has 8 rings (SSSR count). The largest absolute Gasteiger partial charge is 0.356 e. The molecule has 1 amide bonds. The molecular formula is C59H67N4O15S5+. The second kappa shape index (κ2) is 24.3. The molecule has 2 heterocycles. The lowest BCUT2D eigenvalue weighted by atomic mass is 9.79. The Labute approximate surface area is 485 Å². The van der Waals surface area contributed by atoms with E-state index in [0.717, 1.165) is 22.8 Å². The molecule has 83 heavy (non-hydrogen) atoms. The van der Waals surface area contributed by atoms with E-state index in [-0.39, 0.29) is 72.8 Å². The molecule has 0 fully saturated rings. The van der Waals surface area contributed by atoms with E-state index >= 15 is 0 Å². The lowest BCUT2D eigenvalue weighted by Gasteiger charge is -2.27. The monoisotopic (exact) mass is 1230 g/mol. The number of anilines is 1. The molecule has 0 saturated carbocycles. The van der Waals surface area contributed by atoms with Gasteiger partial charge in [-0.05, 0) is 103 Å². The number of benzene rings is 6. The van der Waals surface area contributed by atoms with Gasteiger partial charge >= 0.3 is 0 Å². The fourth-order valence-electron chi connectivity index (χ4n) is 11.4. The van der Waals surface area contributed by atoms with Crippen molar-refractivity contribution in [2.75, 3.05) is 49.6 Å². The zero-order valence-electron chi connectivity index (χ0n) is 46.4. The Morgan fingerprint density at radius 1 is 0.663 bits per heavy atom. The highest BCUT2D eigenvalue weighted by Crippen LogP contribution is 2.50. The minimum atomic E-state index is -5.03. The quantitative estimate of drug-likeness (QED) is 0.0215. The fraction of sp³-hybridized carbons (Fsp3) is 0.322. The van der Waals surface area contributed by atoms with Gasteiger partial charge in [0.25, 0.3) is 40.5 Å². The fourth-order valence-corrected chi connectivity index (χ4v) is 15.1. The Balaban J connectivity index is 1.05. The van der Waals surface area contributed by atoms with Crippen LogP contribution >= 0.6 is 0 Å². The Morgan fingerprint density at radius 2 is 1.30 bits per heavy atom. The maximum absolute atomic E-state index is 14.4. The number of rotatable bonds is 24. The molecule has 5 N–H and O–H groups in total. The molecule has 0 spiro atoms. The third-order valence-corrected chi connectivity index (χ3v) is 20.6. The van der Waals surface area contributed by atoms with Crippen LogP contribution in [0.3, 0.4) is 0 Å². The Kier molecular flexibility index (Phi) is 18.3. The van der Waals surface area contributed by atoms with Crippen LogP contribution < -0.4 is 10.2 Å². The van der Waals surface area contributed by atoms with Gasteiger partial charge < -0.3 is 10.2 Å². The van der Waals surface area contributed by atoms with Crippen molar-refractivity contribution in [3.63, 3.8) is 0 Å². The molecule has 0 atom stereocenters. The molecule has 0 radical (unpaired) electrons. The third kappa shape index (κ3) is 14.1. The summed E-state index contributed by atoms with van der Waals surface area (Å²) in [7, 11) is -21.3. The smallest absolute Gasteiger partial charge is 0.295 e. The molecule has 19 nitrogen and oxygen atoms in total. The van der Waals surface area contributed by atoms with Gasteiger partial charge in [-0.15, -0.1) is 0 Å². The van der Waals surface area contributed by atoms with E-state index in [1.807, 2.05) is 80.8 Å². The molecule has 0 unspecified atom stereocenters. The normalized spacial score (nSPS) is 16.1. The average Bonchev–Trinajstić information content (AvgIpc) is 4.04. The minimum Gasteiger partial charge on any atom is -0.356 e. The van der Waals surface area contributed by atoms with Crippen molar-refractivity contribution in [2.45, 2.75) is 91.2 Å². The standard InChI is InChI=1S/C59H66N4O15S5/c1-58(2)49-40-48-43(37-44(82(73,74)75)39-53(48)83(76,77)78)38-51(49)63(34-18-36-80(68,69)70)54(58)25-13-8-14-26-55-59(3,4)57-47-23-15-24-52(46(47)28-29-50(57)62(55)33-17-35-79(65,66)67)81(71,72)61(5)32-16-27-56(64)60-31-30-45(41-19-9-6-10-20-41)42-21-11-7-12-22-42/h6-15,19-26,28-29,37-40,45H,16-18,27,30-36H2,1-5H3,(H4-,60,64,65,66,67,68,69,70,73,74,75,76,77,78)/p+1. The number of nitrogens with zero attached hydrogens (tertiary/aromatic N) is 3. The molecule has 24 heteroatoms. The van der Waals surface area contributed by atoms with Crippen LogP contribution in [0.1, 0.15) is 88.0 Å². The number of carbonyl (C=O) groups excluding carboxylic acids is 1. The molecule has 0 aromatic heterocycles. The first-order valence-corrected chi connectivity index (χ1v) is 34.2. The van der Waals surface area contributed by atoms with E-state index in [2.05, 4.69) is 29.6 Å². The number of hydrogen-bond donors (Lipinski definition) is 5. The number of carbonyl (C=O) groups is 1. The number of amides is 1. The topological polar surface area (TPSA) is 290 Å². The first-order valence-electron chi connectivity index (χ1n) is 26.7. The van der Waals surface area contributed by atoms with Gasteiger partial charge in [0, 0.05) is 90.7 Å². The first kappa shape index (κ1) is 62.6. The summed E-state index contributed by atoms with van der Waals surface area (Å²) in [6.45, 7) is 8.23. The van der Waals surface area contributed by atoms with Crippen LogP contribution in [0.25, 0.3) is 21.5 Å². The number of hydrogen-bond acceptors (Lipinski definition) is 12. The number of nitrogens with one attached hydrogen (secondary N) is 1. The van der Waals surface area contributed by atoms with Crippen LogP contribution in [-0.2, 0) is 66.1 Å². The second-order valence-electron chi connectivity index (χ2n) is 21.7. The van der Waals surface area contributed by atoms with Gasteiger partial charge in [0.15, 0.2) is 5.71 Å². The molecule has 442 valence electrons. The van der Waals surface area contributed by atoms with Crippen LogP contribution in [0.4, 0.5) is 11.4 Å². The first-order chi connectivity index (χ1) is 38.8. The molecule has 0 saturated heterocycles. The van der Waals surface area contributed by atoms with Gasteiger partial charge in [-0.3, -0.25) is 23.0 Å². The van der Waals surface area contributed by atoms with Crippen molar-refractivity contribution in [3.05, 3.63) is 174 Å². The number of fused-ring (bicyclic) bond motifs is 5. The van der Waals surface area contributed by atoms with Crippen LogP contribution in [0.15, 0.2) is 166 Å². The maximum atomic E-state index is 14.4. The summed E-state index contributed by atoms with van der Waals surface area (Å²) in [6.07, 6.45) is 9.76. The summed E-state index contributed by atoms with van der Waals surface area (Å²) in [5.41, 5.74) is 4.20. The molecular weight excluding hydrogens is 1160 g/mol. The summed E-state index contributed by atoms with van der Waals surface area (Å²) in [6, 6.07) is 33.4. The molecule has 0 bridgehead atoms. The highest BCUT2D eigenvalue weighted by atomic mass is 32.2. The lowest BCUT2D eigenvalue weighted by Crippen LogP contribution is -2.30. The van der Waals surface area contributed by atoms with Crippen LogP contribution in [0.5, 0.6) is 0 Å². The van der Waals surface area contributed by atoms with Crippen molar-refractivity contribution >= 4 is 95.0 Å². The average molecular weight is 1230 g/mol. The van der Waals surface area contributed by atoms with E-state index in [1.54, 1.807) is 47.4 Å². The van der Waals surface area contributed by atoms with Crippen molar-refractivity contribution in [2.24, 2.45) is 0 Å². The van der Waals surface area contributed by atoms with Crippen molar-refractivity contribution in [3.8, 4) is 0 Å². The zero-order chi connectivity index (χ0) is 60.5. The van der Waals surface area contributed by atoms with E-state index in [0.29, 0.717) is 58.2 Å². The van der Waals surface area contributed by atoms with Crippen molar-refractivity contribution < 1.29 is 69.7 Å². The Bertz CT molecular complexity index is 4180. The van der Waals surface area contributed by atoms with Crippen molar-refractivity contribution in [1.29, 1.82) is 0 Å². The predicted molar refractivity (Wildman–Crippen MR) is 321 cm³/mol. The summed E-state index contributed by atoms with van der Waals surface area (Å²) in [5, 5.41) is 4.08. The minimum absolute atomic E-state index is 0.0159. The SMILES string of the molecule is CN(CCCC(=O)NCCC(c1ccccc1)c1ccccc1)S(=O)(=O)c1cccc2c3c(ccc12)[N+](CCCS(=O)(=O)O)=C(/C=C/C=C/C=C1/N(CCCS(=O)(=O)O)c2cc4cc(S(=O)(=O)O)cc(S(=O)(=O)O)c4cc2C1(C)C)C3(C)C.